The zero-order valence-electron chi connectivity index (χ0n) is 14.0. The molecule has 1 saturated carbocycles. The van der Waals surface area contributed by atoms with Gasteiger partial charge in [-0.25, -0.2) is 4.79 Å². The Kier molecular flexibility index (Phi) is 6.05. The number of rotatable bonds is 6. The summed E-state index contributed by atoms with van der Waals surface area (Å²) in [6.45, 7) is 11.5. The van der Waals surface area contributed by atoms with E-state index in [4.69, 9.17) is 0 Å². The van der Waals surface area contributed by atoms with Gasteiger partial charge in [-0.1, -0.05) is 34.1 Å². The molecule has 0 aromatic heterocycles. The van der Waals surface area contributed by atoms with E-state index in [2.05, 4.69) is 33.0 Å². The zero-order valence-corrected chi connectivity index (χ0v) is 14.0. The normalized spacial score (nSPS) is 25.4. The number of nitrogens with zero attached hydrogens (tertiary/aromatic N) is 1. The maximum atomic E-state index is 12.5. The van der Waals surface area contributed by atoms with E-state index in [1.165, 1.54) is 0 Å². The summed E-state index contributed by atoms with van der Waals surface area (Å²) in [5.41, 5.74) is -0.836. The average molecular weight is 298 g/mol. The van der Waals surface area contributed by atoms with Gasteiger partial charge >= 0.3 is 12.0 Å². The quantitative estimate of drug-likeness (QED) is 0.792. The Hall–Kier alpha value is -1.26. The fourth-order valence-corrected chi connectivity index (χ4v) is 3.02. The van der Waals surface area contributed by atoms with Crippen molar-refractivity contribution in [3.63, 3.8) is 0 Å². The molecule has 5 nitrogen and oxygen atoms in total. The standard InChI is InChI=1S/C16H30N2O3/c1-11(2)9-18(10-12(3)4)15(21)17-13-7-6-8-16(13,5)14(19)20/h11-13H,6-10H2,1-5H3,(H,17,21)(H,19,20). The van der Waals surface area contributed by atoms with Crippen LogP contribution in [0.5, 0.6) is 0 Å². The van der Waals surface area contributed by atoms with Crippen molar-refractivity contribution in [1.82, 2.24) is 10.2 Å². The number of amides is 2. The van der Waals surface area contributed by atoms with E-state index < -0.39 is 11.4 Å². The number of carbonyl (C=O) groups is 2. The van der Waals surface area contributed by atoms with E-state index >= 15 is 0 Å². The van der Waals surface area contributed by atoms with Crippen LogP contribution >= 0.6 is 0 Å². The molecule has 0 saturated heterocycles. The molecule has 1 aliphatic rings. The van der Waals surface area contributed by atoms with Crippen LogP contribution in [0.2, 0.25) is 0 Å². The predicted octanol–water partition coefficient (Wildman–Crippen LogP) is 2.95. The highest BCUT2D eigenvalue weighted by molar-refractivity contribution is 5.79. The zero-order chi connectivity index (χ0) is 16.2. The minimum absolute atomic E-state index is 0.128. The van der Waals surface area contributed by atoms with Crippen molar-refractivity contribution in [3.8, 4) is 0 Å². The number of carboxylic acids is 1. The molecule has 2 N–H and O–H groups in total. The summed E-state index contributed by atoms with van der Waals surface area (Å²) in [4.78, 5) is 25.8. The summed E-state index contributed by atoms with van der Waals surface area (Å²) in [5, 5.41) is 12.4. The Labute approximate surface area is 128 Å². The molecule has 0 aromatic carbocycles. The number of carbonyl (C=O) groups excluding carboxylic acids is 1. The van der Waals surface area contributed by atoms with Gasteiger partial charge in [-0.3, -0.25) is 4.79 Å². The van der Waals surface area contributed by atoms with Crippen LogP contribution in [0.1, 0.15) is 53.9 Å². The highest BCUT2D eigenvalue weighted by Gasteiger charge is 2.46. The van der Waals surface area contributed by atoms with Gasteiger partial charge in [-0.15, -0.1) is 0 Å². The molecule has 1 fully saturated rings. The summed E-state index contributed by atoms with van der Waals surface area (Å²) < 4.78 is 0. The number of hydrogen-bond donors (Lipinski definition) is 2. The van der Waals surface area contributed by atoms with Crippen LogP contribution in [-0.4, -0.2) is 41.1 Å². The summed E-state index contributed by atoms with van der Waals surface area (Å²) in [5.74, 6) is -0.0301. The lowest BCUT2D eigenvalue weighted by Gasteiger charge is -2.32. The lowest BCUT2D eigenvalue weighted by molar-refractivity contribution is -0.148. The minimum atomic E-state index is -0.836. The van der Waals surface area contributed by atoms with Crippen LogP contribution in [-0.2, 0) is 4.79 Å². The molecule has 2 unspecified atom stereocenters. The maximum Gasteiger partial charge on any atom is 0.317 e. The maximum absolute atomic E-state index is 12.5. The van der Waals surface area contributed by atoms with E-state index in [0.717, 1.165) is 12.8 Å². The Morgan fingerprint density at radius 2 is 1.76 bits per heavy atom. The molecule has 5 heteroatoms. The van der Waals surface area contributed by atoms with E-state index in [0.29, 0.717) is 31.3 Å². The fraction of sp³-hybridized carbons (Fsp3) is 0.875. The first-order chi connectivity index (χ1) is 9.66. The number of hydrogen-bond acceptors (Lipinski definition) is 2. The Morgan fingerprint density at radius 1 is 1.24 bits per heavy atom. The number of urea groups is 1. The first-order valence-electron chi connectivity index (χ1n) is 7.95. The molecule has 0 heterocycles. The first kappa shape index (κ1) is 17.8. The van der Waals surface area contributed by atoms with Crippen LogP contribution < -0.4 is 5.32 Å². The van der Waals surface area contributed by atoms with Crippen molar-refractivity contribution in [3.05, 3.63) is 0 Å². The molecule has 1 rings (SSSR count). The topological polar surface area (TPSA) is 69.6 Å². The molecular weight excluding hydrogens is 268 g/mol. The van der Waals surface area contributed by atoms with Gasteiger partial charge in [0.15, 0.2) is 0 Å². The van der Waals surface area contributed by atoms with E-state index in [1.54, 1.807) is 6.92 Å². The summed E-state index contributed by atoms with van der Waals surface area (Å²) in [6.07, 6.45) is 2.22. The van der Waals surface area contributed by atoms with Crippen molar-refractivity contribution >= 4 is 12.0 Å². The second-order valence-electron chi connectivity index (χ2n) is 7.31. The highest BCUT2D eigenvalue weighted by atomic mass is 16.4. The lowest BCUT2D eigenvalue weighted by atomic mass is 9.85. The van der Waals surface area contributed by atoms with Crippen LogP contribution in [0.25, 0.3) is 0 Å². The molecule has 0 radical (unpaired) electrons. The molecule has 0 spiro atoms. The smallest absolute Gasteiger partial charge is 0.317 e. The van der Waals surface area contributed by atoms with Crippen LogP contribution in [0, 0.1) is 17.3 Å². The van der Waals surface area contributed by atoms with Crippen LogP contribution in [0.15, 0.2) is 0 Å². The number of carboxylic acid groups (broad SMARTS) is 1. The SMILES string of the molecule is CC(C)CN(CC(C)C)C(=O)NC1CCCC1(C)C(=O)O. The first-order valence-corrected chi connectivity index (χ1v) is 7.95. The largest absolute Gasteiger partial charge is 0.481 e. The van der Waals surface area contributed by atoms with Crippen molar-refractivity contribution in [1.29, 1.82) is 0 Å². The van der Waals surface area contributed by atoms with Gasteiger partial charge in [0.25, 0.3) is 0 Å². The monoisotopic (exact) mass is 298 g/mol. The van der Waals surface area contributed by atoms with Gasteiger partial charge < -0.3 is 15.3 Å². The second kappa shape index (κ2) is 7.14. The molecule has 21 heavy (non-hydrogen) atoms. The lowest BCUT2D eigenvalue weighted by Crippen LogP contribution is -2.52. The third kappa shape index (κ3) is 4.61. The van der Waals surface area contributed by atoms with Gasteiger partial charge in [-0.05, 0) is 31.6 Å². The summed E-state index contributed by atoms with van der Waals surface area (Å²) in [6, 6.07) is -0.402. The van der Waals surface area contributed by atoms with E-state index in [1.807, 2.05) is 4.90 Å². The molecule has 0 aliphatic heterocycles. The van der Waals surface area contributed by atoms with Gasteiger partial charge in [0.2, 0.25) is 0 Å². The molecule has 0 bridgehead atoms. The molecule has 0 aromatic rings. The van der Waals surface area contributed by atoms with Gasteiger partial charge in [0.05, 0.1) is 5.41 Å². The molecule has 2 amide bonds. The minimum Gasteiger partial charge on any atom is -0.481 e. The Bertz CT molecular complexity index is 372. The van der Waals surface area contributed by atoms with Gasteiger partial charge in [0.1, 0.15) is 0 Å². The molecule has 2 atom stereocenters. The predicted molar refractivity (Wildman–Crippen MR) is 83.2 cm³/mol. The number of aliphatic carboxylic acids is 1. The second-order valence-corrected chi connectivity index (χ2v) is 7.31. The third-order valence-corrected chi connectivity index (χ3v) is 4.20. The van der Waals surface area contributed by atoms with Crippen molar-refractivity contribution in [2.75, 3.05) is 13.1 Å². The molecule has 122 valence electrons. The summed E-state index contributed by atoms with van der Waals surface area (Å²) >= 11 is 0. The highest BCUT2D eigenvalue weighted by Crippen LogP contribution is 2.38. The van der Waals surface area contributed by atoms with Crippen LogP contribution in [0.3, 0.4) is 0 Å². The fourth-order valence-electron chi connectivity index (χ4n) is 3.02. The van der Waals surface area contributed by atoms with E-state index in [-0.39, 0.29) is 12.1 Å². The Balaban J connectivity index is 2.74. The van der Waals surface area contributed by atoms with Crippen molar-refractivity contribution in [2.45, 2.75) is 59.9 Å². The van der Waals surface area contributed by atoms with Crippen molar-refractivity contribution < 1.29 is 14.7 Å². The van der Waals surface area contributed by atoms with Gasteiger partial charge in [0, 0.05) is 19.1 Å². The Morgan fingerprint density at radius 3 is 2.19 bits per heavy atom. The van der Waals surface area contributed by atoms with Crippen LogP contribution in [0.4, 0.5) is 4.79 Å². The third-order valence-electron chi connectivity index (χ3n) is 4.20. The average Bonchev–Trinajstić information content (AvgIpc) is 2.70. The van der Waals surface area contributed by atoms with Gasteiger partial charge in [-0.2, -0.15) is 0 Å². The summed E-state index contributed by atoms with van der Waals surface area (Å²) in [7, 11) is 0. The molecular formula is C16H30N2O3. The number of nitrogens with one attached hydrogen (secondary N) is 1. The van der Waals surface area contributed by atoms with E-state index in [9.17, 15) is 14.7 Å². The van der Waals surface area contributed by atoms with Crippen molar-refractivity contribution in [2.24, 2.45) is 17.3 Å². The molecule has 1 aliphatic carbocycles.